The maximum atomic E-state index is 5.60. The lowest BCUT2D eigenvalue weighted by Gasteiger charge is -2.33. The third kappa shape index (κ3) is 3.86. The fourth-order valence-electron chi connectivity index (χ4n) is 2.44. The second-order valence-corrected chi connectivity index (χ2v) is 4.66. The highest BCUT2D eigenvalue weighted by molar-refractivity contribution is 5.85. The normalized spacial score (nSPS) is 16.7. The Hall–Kier alpha value is -0.800. The third-order valence-corrected chi connectivity index (χ3v) is 3.43. The van der Waals surface area contributed by atoms with E-state index < -0.39 is 0 Å². The molecule has 2 N–H and O–H groups in total. The molecule has 2 rings (SSSR count). The standard InChI is InChI=1S/C13H21N3.ClH/c1-11-10-13(3-7-15-11)16-8-4-12(2-6-14)5-9-16;/h3,7,10,12H,2,4-6,8-9,14H2,1H3;1H. The summed E-state index contributed by atoms with van der Waals surface area (Å²) in [7, 11) is 0. The van der Waals surface area contributed by atoms with Gasteiger partial charge in [0, 0.05) is 30.7 Å². The van der Waals surface area contributed by atoms with Crippen LogP contribution in [0.25, 0.3) is 0 Å². The lowest BCUT2D eigenvalue weighted by atomic mass is 9.93. The Balaban J connectivity index is 0.00000144. The molecule has 96 valence electrons. The van der Waals surface area contributed by atoms with Crippen molar-refractivity contribution in [3.05, 3.63) is 24.0 Å². The molecule has 3 nitrogen and oxygen atoms in total. The number of piperidine rings is 1. The van der Waals surface area contributed by atoms with E-state index in [2.05, 4.69) is 22.0 Å². The van der Waals surface area contributed by atoms with Crippen LogP contribution in [0, 0.1) is 12.8 Å². The predicted molar refractivity (Wildman–Crippen MR) is 74.8 cm³/mol. The molecule has 2 heterocycles. The van der Waals surface area contributed by atoms with Crippen molar-refractivity contribution in [2.45, 2.75) is 26.2 Å². The number of halogens is 1. The number of hydrogen-bond acceptors (Lipinski definition) is 3. The van der Waals surface area contributed by atoms with Gasteiger partial charge in [0.05, 0.1) is 0 Å². The van der Waals surface area contributed by atoms with E-state index in [0.29, 0.717) is 0 Å². The number of nitrogens with zero attached hydrogens (tertiary/aromatic N) is 2. The summed E-state index contributed by atoms with van der Waals surface area (Å²) in [4.78, 5) is 6.70. The minimum absolute atomic E-state index is 0. The maximum Gasteiger partial charge on any atom is 0.0399 e. The Kier molecular flexibility index (Phi) is 5.72. The summed E-state index contributed by atoms with van der Waals surface area (Å²) in [6.45, 7) is 5.20. The zero-order valence-corrected chi connectivity index (χ0v) is 11.2. The van der Waals surface area contributed by atoms with E-state index in [4.69, 9.17) is 5.73 Å². The number of nitrogens with two attached hydrogens (primary N) is 1. The highest BCUT2D eigenvalue weighted by Gasteiger charge is 2.18. The lowest BCUT2D eigenvalue weighted by molar-refractivity contribution is 0.386. The monoisotopic (exact) mass is 255 g/mol. The molecule has 17 heavy (non-hydrogen) atoms. The summed E-state index contributed by atoms with van der Waals surface area (Å²) in [5.74, 6) is 0.837. The number of aryl methyl sites for hydroxylation is 1. The molecule has 0 aliphatic carbocycles. The van der Waals surface area contributed by atoms with E-state index in [1.54, 1.807) is 0 Å². The van der Waals surface area contributed by atoms with Crippen LogP contribution in [0.5, 0.6) is 0 Å². The van der Waals surface area contributed by atoms with Gasteiger partial charge in [0.15, 0.2) is 0 Å². The summed E-state index contributed by atoms with van der Waals surface area (Å²) in [5, 5.41) is 0. The molecule has 0 radical (unpaired) electrons. The first-order valence-electron chi connectivity index (χ1n) is 6.17. The second kappa shape index (κ2) is 6.82. The highest BCUT2D eigenvalue weighted by Crippen LogP contribution is 2.24. The van der Waals surface area contributed by atoms with E-state index in [-0.39, 0.29) is 12.4 Å². The number of rotatable bonds is 3. The van der Waals surface area contributed by atoms with Crippen molar-refractivity contribution in [2.24, 2.45) is 11.7 Å². The van der Waals surface area contributed by atoms with Gasteiger partial charge >= 0.3 is 0 Å². The number of aromatic nitrogens is 1. The molecule has 4 heteroatoms. The average Bonchev–Trinajstić information content (AvgIpc) is 2.30. The van der Waals surface area contributed by atoms with Gasteiger partial charge in [0.1, 0.15) is 0 Å². The minimum atomic E-state index is 0. The summed E-state index contributed by atoms with van der Waals surface area (Å²) < 4.78 is 0. The maximum absolute atomic E-state index is 5.60. The van der Waals surface area contributed by atoms with Crippen LogP contribution in [0.15, 0.2) is 18.3 Å². The quantitative estimate of drug-likeness (QED) is 0.902. The predicted octanol–water partition coefficient (Wildman–Crippen LogP) is 2.38. The van der Waals surface area contributed by atoms with Gasteiger partial charge in [0.25, 0.3) is 0 Å². The van der Waals surface area contributed by atoms with Gasteiger partial charge in [-0.3, -0.25) is 4.98 Å². The first-order valence-corrected chi connectivity index (χ1v) is 6.17. The van der Waals surface area contributed by atoms with E-state index in [0.717, 1.165) is 31.2 Å². The van der Waals surface area contributed by atoms with Crippen LogP contribution < -0.4 is 10.6 Å². The summed E-state index contributed by atoms with van der Waals surface area (Å²) in [6, 6.07) is 4.28. The van der Waals surface area contributed by atoms with Crippen molar-refractivity contribution >= 4 is 18.1 Å². The third-order valence-electron chi connectivity index (χ3n) is 3.43. The Morgan fingerprint density at radius 3 is 2.71 bits per heavy atom. The van der Waals surface area contributed by atoms with Gasteiger partial charge in [-0.25, -0.2) is 0 Å². The average molecular weight is 256 g/mol. The Labute approximate surface area is 110 Å². The van der Waals surface area contributed by atoms with Crippen LogP contribution in [0.3, 0.4) is 0 Å². The zero-order chi connectivity index (χ0) is 11.4. The Morgan fingerprint density at radius 2 is 2.12 bits per heavy atom. The van der Waals surface area contributed by atoms with Crippen molar-refractivity contribution in [1.29, 1.82) is 0 Å². The summed E-state index contributed by atoms with van der Waals surface area (Å²) in [6.07, 6.45) is 5.64. The van der Waals surface area contributed by atoms with Crippen LogP contribution in [-0.4, -0.2) is 24.6 Å². The molecule has 1 aliphatic heterocycles. The highest BCUT2D eigenvalue weighted by atomic mass is 35.5. The van der Waals surface area contributed by atoms with Crippen molar-refractivity contribution < 1.29 is 0 Å². The lowest BCUT2D eigenvalue weighted by Crippen LogP contribution is -2.34. The van der Waals surface area contributed by atoms with E-state index in [9.17, 15) is 0 Å². The van der Waals surface area contributed by atoms with Crippen LogP contribution in [-0.2, 0) is 0 Å². The smallest absolute Gasteiger partial charge is 0.0399 e. The number of hydrogen-bond donors (Lipinski definition) is 1. The molecule has 0 atom stereocenters. The van der Waals surface area contributed by atoms with Crippen molar-refractivity contribution in [2.75, 3.05) is 24.5 Å². The fraction of sp³-hybridized carbons (Fsp3) is 0.615. The molecule has 1 aliphatic rings. The molecule has 1 aromatic rings. The molecular weight excluding hydrogens is 234 g/mol. The van der Waals surface area contributed by atoms with Gasteiger partial charge < -0.3 is 10.6 Å². The van der Waals surface area contributed by atoms with E-state index >= 15 is 0 Å². The fourth-order valence-corrected chi connectivity index (χ4v) is 2.44. The topological polar surface area (TPSA) is 42.1 Å². The molecule has 0 bridgehead atoms. The van der Waals surface area contributed by atoms with Gasteiger partial charge in [-0.2, -0.15) is 0 Å². The summed E-state index contributed by atoms with van der Waals surface area (Å²) >= 11 is 0. The first-order chi connectivity index (χ1) is 7.79. The van der Waals surface area contributed by atoms with Crippen molar-refractivity contribution in [3.63, 3.8) is 0 Å². The molecule has 0 unspecified atom stereocenters. The minimum Gasteiger partial charge on any atom is -0.371 e. The molecule has 0 spiro atoms. The van der Waals surface area contributed by atoms with Crippen molar-refractivity contribution in [1.82, 2.24) is 4.98 Å². The van der Waals surface area contributed by atoms with Crippen molar-refractivity contribution in [3.8, 4) is 0 Å². The SMILES string of the molecule is Cc1cc(N2CCC(CCN)CC2)ccn1.Cl. The molecule has 1 saturated heterocycles. The molecule has 0 aromatic carbocycles. The second-order valence-electron chi connectivity index (χ2n) is 4.66. The van der Waals surface area contributed by atoms with Crippen LogP contribution >= 0.6 is 12.4 Å². The molecular formula is C13H22ClN3. The van der Waals surface area contributed by atoms with Gasteiger partial charge in [0.2, 0.25) is 0 Å². The Morgan fingerprint density at radius 1 is 1.41 bits per heavy atom. The van der Waals surface area contributed by atoms with Gasteiger partial charge in [-0.1, -0.05) is 0 Å². The first kappa shape index (κ1) is 14.3. The molecule has 0 saturated carbocycles. The summed E-state index contributed by atoms with van der Waals surface area (Å²) in [5.41, 5.74) is 8.02. The number of pyridine rings is 1. The molecule has 1 aromatic heterocycles. The van der Waals surface area contributed by atoms with Gasteiger partial charge in [-0.15, -0.1) is 12.4 Å². The van der Waals surface area contributed by atoms with Crippen LogP contribution in [0.1, 0.15) is 25.0 Å². The van der Waals surface area contributed by atoms with Gasteiger partial charge in [-0.05, 0) is 50.8 Å². The zero-order valence-electron chi connectivity index (χ0n) is 10.4. The van der Waals surface area contributed by atoms with Crippen LogP contribution in [0.4, 0.5) is 5.69 Å². The van der Waals surface area contributed by atoms with Crippen LogP contribution in [0.2, 0.25) is 0 Å². The van der Waals surface area contributed by atoms with E-state index in [1.807, 2.05) is 13.1 Å². The van der Waals surface area contributed by atoms with E-state index in [1.165, 1.54) is 24.9 Å². The molecule has 1 fully saturated rings. The molecule has 0 amide bonds. The largest absolute Gasteiger partial charge is 0.371 e. The number of anilines is 1. The Bertz CT molecular complexity index is 335.